The number of nitrogens with one attached hydrogen (secondary N) is 1. The second kappa shape index (κ2) is 7.27. The van der Waals surface area contributed by atoms with Crippen LogP contribution in [0.3, 0.4) is 0 Å². The lowest BCUT2D eigenvalue weighted by molar-refractivity contribution is -0.120. The third-order valence-corrected chi connectivity index (χ3v) is 8.18. The van der Waals surface area contributed by atoms with Gasteiger partial charge in [-0.05, 0) is 44.9 Å². The van der Waals surface area contributed by atoms with Crippen molar-refractivity contribution in [3.8, 4) is 0 Å². The van der Waals surface area contributed by atoms with Gasteiger partial charge in [0.05, 0.1) is 16.9 Å². The lowest BCUT2D eigenvalue weighted by Crippen LogP contribution is -2.34. The first-order chi connectivity index (χ1) is 11.1. The molecule has 0 radical (unpaired) electrons. The summed E-state index contributed by atoms with van der Waals surface area (Å²) in [5, 5.41) is 2.78. The number of rotatable bonds is 5. The normalized spacial score (nSPS) is 24.8. The van der Waals surface area contributed by atoms with Gasteiger partial charge in [-0.1, -0.05) is 28.7 Å². The summed E-state index contributed by atoms with van der Waals surface area (Å²) in [6.07, 6.45) is 1.20. The monoisotopic (exact) mass is 466 g/mol. The molecule has 24 heavy (non-hydrogen) atoms. The molecule has 1 saturated carbocycles. The van der Waals surface area contributed by atoms with E-state index in [2.05, 4.69) is 5.32 Å². The van der Waals surface area contributed by atoms with Gasteiger partial charge >= 0.3 is 0 Å². The van der Waals surface area contributed by atoms with E-state index in [1.54, 1.807) is 33.1 Å². The van der Waals surface area contributed by atoms with Gasteiger partial charge in [0.1, 0.15) is 2.75 Å². The molecule has 0 saturated heterocycles. The Labute approximate surface area is 156 Å². The lowest BCUT2D eigenvalue weighted by atomic mass is 10.0. The number of carbonyl (C=O) groups is 1. The third kappa shape index (κ3) is 4.09. The Morgan fingerprint density at radius 1 is 1.38 bits per heavy atom. The zero-order valence-electron chi connectivity index (χ0n) is 14.0. The van der Waals surface area contributed by atoms with Gasteiger partial charge in [0.15, 0.2) is 9.84 Å². The molecule has 1 aromatic rings. The van der Waals surface area contributed by atoms with Gasteiger partial charge in [0.25, 0.3) is 0 Å². The van der Waals surface area contributed by atoms with Gasteiger partial charge in [-0.3, -0.25) is 4.79 Å². The van der Waals surface area contributed by atoms with E-state index in [1.807, 2.05) is 22.6 Å². The Kier molecular flexibility index (Phi) is 5.94. The molecule has 0 aliphatic heterocycles. The summed E-state index contributed by atoms with van der Waals surface area (Å²) in [4.78, 5) is 12.6. The maximum absolute atomic E-state index is 12.5. The highest BCUT2D eigenvalue weighted by atomic mass is 127. The van der Waals surface area contributed by atoms with Crippen molar-refractivity contribution < 1.29 is 17.9 Å². The van der Waals surface area contributed by atoms with Crippen LogP contribution in [-0.4, -0.2) is 36.3 Å². The summed E-state index contributed by atoms with van der Waals surface area (Å²) in [7, 11) is -1.88. The van der Waals surface area contributed by atoms with E-state index < -0.39 is 12.6 Å². The van der Waals surface area contributed by atoms with Gasteiger partial charge in [-0.2, -0.15) is 0 Å². The van der Waals surface area contributed by atoms with E-state index in [1.165, 1.54) is 12.1 Å². The Hall–Kier alpha value is -0.710. The molecule has 0 bridgehead atoms. The standard InChI is InChI=1S/C16H23IN2O4S/c1-16(2,17)24(21,22)12-6-4-5-10(7-12)19-15(20)13-8-11(23-3)9-14(13)18/h4-7,11,13-14H,8-9,18H2,1-3H3,(H,19,20)/t11-,13-,14+/m0/s1. The van der Waals surface area contributed by atoms with Crippen molar-refractivity contribution in [3.05, 3.63) is 24.3 Å². The van der Waals surface area contributed by atoms with Crippen LogP contribution in [0.1, 0.15) is 26.7 Å². The molecule has 0 spiro atoms. The number of nitrogens with two attached hydrogens (primary N) is 1. The van der Waals surface area contributed by atoms with Crippen molar-refractivity contribution in [1.29, 1.82) is 0 Å². The van der Waals surface area contributed by atoms with E-state index in [4.69, 9.17) is 10.5 Å². The van der Waals surface area contributed by atoms with Crippen molar-refractivity contribution in [2.75, 3.05) is 12.4 Å². The molecule has 1 amide bonds. The first kappa shape index (κ1) is 19.6. The van der Waals surface area contributed by atoms with Gasteiger partial charge < -0.3 is 15.8 Å². The highest BCUT2D eigenvalue weighted by molar-refractivity contribution is 14.1. The van der Waals surface area contributed by atoms with E-state index in [0.717, 1.165) is 0 Å². The zero-order valence-corrected chi connectivity index (χ0v) is 16.9. The number of anilines is 1. The minimum atomic E-state index is -3.49. The van der Waals surface area contributed by atoms with Crippen LogP contribution in [0.15, 0.2) is 29.2 Å². The number of methoxy groups -OCH3 is 1. The molecule has 0 aromatic heterocycles. The maximum Gasteiger partial charge on any atom is 0.229 e. The molecule has 1 aliphatic rings. The number of carbonyl (C=O) groups excluding carboxylic acids is 1. The van der Waals surface area contributed by atoms with E-state index in [9.17, 15) is 13.2 Å². The molecule has 8 heteroatoms. The minimum Gasteiger partial charge on any atom is -0.381 e. The highest BCUT2D eigenvalue weighted by Crippen LogP contribution is 2.33. The Bertz CT molecular complexity index is 715. The second-order valence-corrected chi connectivity index (χ2v) is 12.4. The Balaban J connectivity index is 2.17. The van der Waals surface area contributed by atoms with Gasteiger partial charge in [-0.25, -0.2) is 8.42 Å². The summed E-state index contributed by atoms with van der Waals surface area (Å²) in [6, 6.07) is 6.06. The highest BCUT2D eigenvalue weighted by Gasteiger charge is 2.37. The predicted molar refractivity (Wildman–Crippen MR) is 102 cm³/mol. The largest absolute Gasteiger partial charge is 0.381 e. The summed E-state index contributed by atoms with van der Waals surface area (Å²) >= 11 is 1.89. The summed E-state index contributed by atoms with van der Waals surface area (Å²) in [5.41, 5.74) is 6.47. The fourth-order valence-electron chi connectivity index (χ4n) is 2.77. The predicted octanol–water partition coefficient (Wildman–Crippen LogP) is 2.32. The molecule has 1 fully saturated rings. The lowest BCUT2D eigenvalue weighted by Gasteiger charge is -2.19. The van der Waals surface area contributed by atoms with Crippen molar-refractivity contribution >= 4 is 44.0 Å². The number of hydrogen-bond donors (Lipinski definition) is 2. The fourth-order valence-corrected chi connectivity index (χ4v) is 4.64. The van der Waals surface area contributed by atoms with Crippen LogP contribution >= 0.6 is 22.6 Å². The smallest absolute Gasteiger partial charge is 0.229 e. The van der Waals surface area contributed by atoms with Crippen LogP contribution in [0.4, 0.5) is 5.69 Å². The summed E-state index contributed by atoms with van der Waals surface area (Å²) in [5.74, 6) is -0.540. The molecular weight excluding hydrogens is 443 g/mol. The molecule has 0 heterocycles. The average Bonchev–Trinajstić information content (AvgIpc) is 2.87. The summed E-state index contributed by atoms with van der Waals surface area (Å²) in [6.45, 7) is 3.27. The molecule has 6 nitrogen and oxygen atoms in total. The number of ether oxygens (including phenoxy) is 1. The number of amides is 1. The van der Waals surface area contributed by atoms with Crippen molar-refractivity contribution in [2.24, 2.45) is 11.7 Å². The van der Waals surface area contributed by atoms with Crippen molar-refractivity contribution in [2.45, 2.75) is 46.5 Å². The minimum absolute atomic E-state index is 0.0118. The van der Waals surface area contributed by atoms with Crippen LogP contribution in [0.25, 0.3) is 0 Å². The Morgan fingerprint density at radius 2 is 2.04 bits per heavy atom. The third-order valence-electron chi connectivity index (χ3n) is 4.29. The molecule has 1 aromatic carbocycles. The van der Waals surface area contributed by atoms with E-state index in [0.29, 0.717) is 18.5 Å². The maximum atomic E-state index is 12.5. The molecular formula is C16H23IN2O4S. The van der Waals surface area contributed by atoms with Crippen molar-refractivity contribution in [3.63, 3.8) is 0 Å². The van der Waals surface area contributed by atoms with Crippen LogP contribution < -0.4 is 11.1 Å². The van der Waals surface area contributed by atoms with Gasteiger partial charge in [0.2, 0.25) is 5.91 Å². The second-order valence-electron chi connectivity index (χ2n) is 6.48. The number of hydrogen-bond acceptors (Lipinski definition) is 5. The Morgan fingerprint density at radius 3 is 2.58 bits per heavy atom. The fraction of sp³-hybridized carbons (Fsp3) is 0.562. The van der Waals surface area contributed by atoms with Gasteiger partial charge in [0, 0.05) is 18.8 Å². The quantitative estimate of drug-likeness (QED) is 0.513. The van der Waals surface area contributed by atoms with E-state index in [-0.39, 0.29) is 28.9 Å². The molecule has 134 valence electrons. The topological polar surface area (TPSA) is 98.5 Å². The first-order valence-electron chi connectivity index (χ1n) is 7.69. The first-order valence-corrected chi connectivity index (χ1v) is 10.3. The number of benzene rings is 1. The van der Waals surface area contributed by atoms with Crippen LogP contribution in [-0.2, 0) is 19.4 Å². The average molecular weight is 466 g/mol. The van der Waals surface area contributed by atoms with Crippen LogP contribution in [0.2, 0.25) is 0 Å². The van der Waals surface area contributed by atoms with Crippen molar-refractivity contribution in [1.82, 2.24) is 0 Å². The van der Waals surface area contributed by atoms with Crippen LogP contribution in [0.5, 0.6) is 0 Å². The van der Waals surface area contributed by atoms with E-state index >= 15 is 0 Å². The zero-order chi connectivity index (χ0) is 18.1. The van der Waals surface area contributed by atoms with Gasteiger partial charge in [-0.15, -0.1) is 0 Å². The SMILES string of the molecule is CO[C@@H]1C[C@@H](N)[C@@H](C(=O)Nc2cccc(S(=O)(=O)C(C)(C)I)c2)C1. The number of alkyl halides is 1. The molecule has 3 N–H and O–H groups in total. The number of sulfone groups is 1. The molecule has 1 aliphatic carbocycles. The molecule has 0 unspecified atom stereocenters. The molecule has 2 rings (SSSR count). The number of halogens is 1. The summed E-state index contributed by atoms with van der Waals surface area (Å²) < 4.78 is 29.4. The molecule has 3 atom stereocenters. The van der Waals surface area contributed by atoms with Crippen LogP contribution in [0, 0.1) is 5.92 Å².